The van der Waals surface area contributed by atoms with Gasteiger partial charge in [0.15, 0.2) is 0 Å². The number of rotatable bonds is 0. The summed E-state index contributed by atoms with van der Waals surface area (Å²) in [6, 6.07) is 0. The molecule has 3 N–H and O–H groups in total. The van der Waals surface area contributed by atoms with E-state index in [1.807, 2.05) is 0 Å². The maximum atomic E-state index is 8.59. The molecule has 0 aliphatic heterocycles. The smallest absolute Gasteiger partial charge is 1.00 e. The predicted octanol–water partition coefficient (Wildman–Crippen LogP) is -7.29. The molecule has 0 bridgehead atoms. The Morgan fingerprint density at radius 1 is 0.562 bits per heavy atom. The normalized spacial score (nSPS) is 6.75. The molecule has 0 radical (unpaired) electrons. The van der Waals surface area contributed by atoms with Crippen molar-refractivity contribution in [1.29, 1.82) is 0 Å². The van der Waals surface area contributed by atoms with Gasteiger partial charge in [0.05, 0.1) is 0 Å². The monoisotopic (exact) mass is 378 g/mol. The molecule has 0 aromatic carbocycles. The van der Waals surface area contributed by atoms with Crippen LogP contribution in [0.1, 0.15) is 5.71 Å². The van der Waals surface area contributed by atoms with Crippen molar-refractivity contribution < 1.29 is 49.7 Å². The average molecular weight is 378 g/mol. The SMILES string of the molecule is [Al+3].[Al+3].[Ca+2].[Ca+2].[H-].[H-].[H-].[H-].[O-]P([O-])O.[O-]P([O-])O.[O-]P([O-])O. The van der Waals surface area contributed by atoms with Crippen LogP contribution in [-0.4, -0.2) is 125 Å². The van der Waals surface area contributed by atoms with Gasteiger partial charge < -0.3 is 49.7 Å². The van der Waals surface area contributed by atoms with Crippen molar-refractivity contribution in [2.45, 2.75) is 0 Å². The van der Waals surface area contributed by atoms with Crippen molar-refractivity contribution in [1.82, 2.24) is 0 Å². The Bertz CT molecular complexity index is 69.7. The van der Waals surface area contributed by atoms with Crippen LogP contribution in [0.3, 0.4) is 0 Å². The van der Waals surface area contributed by atoms with Gasteiger partial charge in [0.25, 0.3) is 0 Å². The molecular weight excluding hydrogens is 371 g/mol. The fraction of sp³-hybridized carbons (Fsp3) is 0. The first-order valence-electron chi connectivity index (χ1n) is 1.70. The minimum absolute atomic E-state index is 0. The fourth-order valence-corrected chi connectivity index (χ4v) is 0. The number of hydrogen-bond donors (Lipinski definition) is 3. The molecule has 16 heteroatoms. The van der Waals surface area contributed by atoms with E-state index in [9.17, 15) is 0 Å². The summed E-state index contributed by atoms with van der Waals surface area (Å²) in [6.07, 6.45) is 0. The molecule has 9 nitrogen and oxygen atoms in total. The molecular formula is H7Al2Ca2O9P3. The third-order valence-electron chi connectivity index (χ3n) is 0. The quantitative estimate of drug-likeness (QED) is 0.271. The van der Waals surface area contributed by atoms with Gasteiger partial charge in [-0.3, -0.25) is 0 Å². The van der Waals surface area contributed by atoms with E-state index in [-0.39, 0.29) is 116 Å². The summed E-state index contributed by atoms with van der Waals surface area (Å²) in [6.45, 7) is 0. The molecule has 16 heavy (non-hydrogen) atoms. The van der Waals surface area contributed by atoms with Crippen LogP contribution >= 0.6 is 25.8 Å². The molecule has 0 aromatic heterocycles. The number of hydrogen-bond acceptors (Lipinski definition) is 9. The van der Waals surface area contributed by atoms with Crippen molar-refractivity contribution in [2.24, 2.45) is 0 Å². The van der Waals surface area contributed by atoms with Crippen LogP contribution in [0, 0.1) is 0 Å². The van der Waals surface area contributed by atoms with E-state index >= 15 is 0 Å². The van der Waals surface area contributed by atoms with Gasteiger partial charge in [0.2, 0.25) is 0 Å². The first-order chi connectivity index (χ1) is 5.20. The molecule has 0 unspecified atom stereocenters. The van der Waals surface area contributed by atoms with Gasteiger partial charge in [-0.05, 0) is 0 Å². The molecule has 86 valence electrons. The summed E-state index contributed by atoms with van der Waals surface area (Å²) in [5.74, 6) is 0. The summed E-state index contributed by atoms with van der Waals surface area (Å²) in [5.41, 5.74) is 0. The summed E-state index contributed by atoms with van der Waals surface area (Å²) in [4.78, 5) is 72.6. The van der Waals surface area contributed by atoms with E-state index in [1.165, 1.54) is 0 Å². The van der Waals surface area contributed by atoms with Gasteiger partial charge in [-0.2, -0.15) is 25.8 Å². The summed E-state index contributed by atoms with van der Waals surface area (Å²) < 4.78 is 0. The second kappa shape index (κ2) is 36.6. The van der Waals surface area contributed by atoms with Crippen molar-refractivity contribution in [3.8, 4) is 0 Å². The molecule has 0 rings (SSSR count). The first kappa shape index (κ1) is 42.8. The van der Waals surface area contributed by atoms with Crippen molar-refractivity contribution in [2.75, 3.05) is 0 Å². The third-order valence-corrected chi connectivity index (χ3v) is 0. The maximum absolute atomic E-state index is 8.59. The molecule has 0 atom stereocenters. The van der Waals surface area contributed by atoms with E-state index in [2.05, 4.69) is 0 Å². The Hall–Kier alpha value is 4.51. The molecule has 0 aliphatic rings. The summed E-state index contributed by atoms with van der Waals surface area (Å²) in [7, 11) is -9.36. The fourth-order valence-electron chi connectivity index (χ4n) is 0. The molecule has 0 aromatic rings. The van der Waals surface area contributed by atoms with Crippen LogP contribution in [-0.2, 0) is 0 Å². The average Bonchev–Trinajstić information content (AvgIpc) is 1.54. The van der Waals surface area contributed by atoms with E-state index < -0.39 is 25.8 Å². The first-order valence-corrected chi connectivity index (χ1v) is 5.09. The Morgan fingerprint density at radius 2 is 0.562 bits per heavy atom. The second-order valence-corrected chi connectivity index (χ2v) is 2.14. The topological polar surface area (TPSA) is 199 Å². The zero-order valence-corrected chi connectivity index (χ0v) is 17.1. The van der Waals surface area contributed by atoms with Crippen LogP contribution in [0.2, 0.25) is 0 Å². The zero-order valence-electron chi connectivity index (χ0n) is 11.7. The summed E-state index contributed by atoms with van der Waals surface area (Å²) >= 11 is 0. The minimum Gasteiger partial charge on any atom is -1.00 e. The Balaban J connectivity index is -0.00000000562. The molecule has 0 fully saturated rings. The maximum Gasteiger partial charge on any atom is 3.00 e. The van der Waals surface area contributed by atoms with E-state index in [1.54, 1.807) is 0 Å². The van der Waals surface area contributed by atoms with Crippen LogP contribution < -0.4 is 29.4 Å². The molecule has 0 heterocycles. The van der Waals surface area contributed by atoms with Gasteiger partial charge in [-0.25, -0.2) is 0 Å². The van der Waals surface area contributed by atoms with Gasteiger partial charge >= 0.3 is 110 Å². The summed E-state index contributed by atoms with van der Waals surface area (Å²) in [5, 5.41) is 0. The molecule has 0 amide bonds. The van der Waals surface area contributed by atoms with Crippen molar-refractivity contribution in [3.05, 3.63) is 0 Å². The van der Waals surface area contributed by atoms with Crippen LogP contribution in [0.4, 0.5) is 0 Å². The van der Waals surface area contributed by atoms with Gasteiger partial charge in [-0.15, -0.1) is 0 Å². The van der Waals surface area contributed by atoms with E-state index in [0.29, 0.717) is 0 Å². The third kappa shape index (κ3) is 279. The predicted molar refractivity (Wildman–Crippen MR) is 54.9 cm³/mol. The van der Waals surface area contributed by atoms with E-state index in [0.717, 1.165) is 0 Å². The Labute approximate surface area is 183 Å². The van der Waals surface area contributed by atoms with E-state index in [4.69, 9.17) is 44.0 Å². The zero-order chi connectivity index (χ0) is 10.7. The second-order valence-electron chi connectivity index (χ2n) is 0.714. The standard InChI is InChI=1S/2Al.2Ca.3HO3P.4H/c;;;;3*1-4(2)3;;;;/h;;;;3*1H;;;;/q2*+3;2*+2;3*-2;4*-1. The molecule has 0 spiro atoms. The minimum atomic E-state index is -3.12. The van der Waals surface area contributed by atoms with Crippen LogP contribution in [0.25, 0.3) is 0 Å². The van der Waals surface area contributed by atoms with Crippen LogP contribution in [0.15, 0.2) is 0 Å². The Morgan fingerprint density at radius 3 is 0.562 bits per heavy atom. The largest absolute Gasteiger partial charge is 3.00 e. The Kier molecular flexibility index (Phi) is 97.9. The van der Waals surface area contributed by atoms with Gasteiger partial charge in [0.1, 0.15) is 0 Å². The van der Waals surface area contributed by atoms with Crippen molar-refractivity contribution >= 4 is 136 Å². The van der Waals surface area contributed by atoms with Crippen molar-refractivity contribution in [3.63, 3.8) is 0 Å². The van der Waals surface area contributed by atoms with Gasteiger partial charge in [-0.1, -0.05) is 0 Å². The molecule has 0 saturated carbocycles. The van der Waals surface area contributed by atoms with Gasteiger partial charge in [0, 0.05) is 0 Å². The molecule has 0 aliphatic carbocycles. The molecule has 0 saturated heterocycles. The van der Waals surface area contributed by atoms with Crippen LogP contribution in [0.5, 0.6) is 0 Å².